The molecule has 1 fully saturated rings. The molecule has 0 bridgehead atoms. The summed E-state index contributed by atoms with van der Waals surface area (Å²) in [5.74, 6) is 0.420. The van der Waals surface area contributed by atoms with Crippen LogP contribution >= 0.6 is 0 Å². The van der Waals surface area contributed by atoms with Gasteiger partial charge in [-0.05, 0) is 38.0 Å². The molecular formula is C15H22O4. The van der Waals surface area contributed by atoms with Crippen molar-refractivity contribution in [3.8, 4) is 5.75 Å². The van der Waals surface area contributed by atoms with Gasteiger partial charge in [-0.25, -0.2) is 0 Å². The van der Waals surface area contributed by atoms with Crippen molar-refractivity contribution in [3.05, 3.63) is 29.8 Å². The molecule has 0 aromatic heterocycles. The van der Waals surface area contributed by atoms with Crippen LogP contribution in [0.5, 0.6) is 5.75 Å². The molecule has 0 aliphatic carbocycles. The first-order chi connectivity index (χ1) is 9.09. The quantitative estimate of drug-likeness (QED) is 0.742. The second kappa shape index (κ2) is 6.37. The molecule has 1 atom stereocenters. The highest BCUT2D eigenvalue weighted by molar-refractivity contribution is 5.26. The van der Waals surface area contributed by atoms with Gasteiger partial charge in [0.05, 0.1) is 26.4 Å². The van der Waals surface area contributed by atoms with Gasteiger partial charge in [0.25, 0.3) is 0 Å². The van der Waals surface area contributed by atoms with E-state index in [9.17, 15) is 0 Å². The molecule has 106 valence electrons. The lowest BCUT2D eigenvalue weighted by molar-refractivity contribution is -0.140. The maximum atomic E-state index is 5.71. The normalized spacial score (nSPS) is 21.5. The summed E-state index contributed by atoms with van der Waals surface area (Å²) < 4.78 is 22.0. The number of rotatable bonds is 6. The Labute approximate surface area is 114 Å². The van der Waals surface area contributed by atoms with Crippen LogP contribution in [0.25, 0.3) is 0 Å². The third-order valence-corrected chi connectivity index (χ3v) is 3.08. The Kier molecular flexibility index (Phi) is 4.80. The molecule has 1 aliphatic heterocycles. The van der Waals surface area contributed by atoms with E-state index in [1.54, 1.807) is 7.11 Å². The van der Waals surface area contributed by atoms with E-state index in [1.165, 1.54) is 0 Å². The molecule has 19 heavy (non-hydrogen) atoms. The SMILES string of the molecule is COc1ccc(COCC[C@H]2COC(C)(C)O2)cc1. The number of hydrogen-bond acceptors (Lipinski definition) is 4. The zero-order valence-electron chi connectivity index (χ0n) is 11.8. The van der Waals surface area contributed by atoms with Gasteiger partial charge in [0.15, 0.2) is 5.79 Å². The van der Waals surface area contributed by atoms with E-state index < -0.39 is 5.79 Å². The number of hydrogen-bond donors (Lipinski definition) is 0. The Balaban J connectivity index is 1.64. The number of methoxy groups -OCH3 is 1. The molecule has 1 aromatic carbocycles. The fourth-order valence-electron chi connectivity index (χ4n) is 2.03. The third kappa shape index (κ3) is 4.49. The molecule has 0 radical (unpaired) electrons. The first-order valence-corrected chi connectivity index (χ1v) is 6.61. The van der Waals surface area contributed by atoms with Gasteiger partial charge in [-0.15, -0.1) is 0 Å². The molecule has 0 spiro atoms. The van der Waals surface area contributed by atoms with E-state index >= 15 is 0 Å². The van der Waals surface area contributed by atoms with Crippen LogP contribution in [0.1, 0.15) is 25.8 Å². The fourth-order valence-corrected chi connectivity index (χ4v) is 2.03. The predicted molar refractivity (Wildman–Crippen MR) is 72.2 cm³/mol. The van der Waals surface area contributed by atoms with Crippen molar-refractivity contribution in [2.45, 2.75) is 38.8 Å². The van der Waals surface area contributed by atoms with Crippen LogP contribution in [-0.4, -0.2) is 32.2 Å². The average Bonchev–Trinajstić information content (AvgIpc) is 2.75. The van der Waals surface area contributed by atoms with E-state index in [1.807, 2.05) is 38.1 Å². The molecule has 0 unspecified atom stereocenters. The number of benzene rings is 1. The van der Waals surface area contributed by atoms with E-state index in [2.05, 4.69) is 0 Å². The van der Waals surface area contributed by atoms with E-state index in [0.29, 0.717) is 19.8 Å². The smallest absolute Gasteiger partial charge is 0.163 e. The van der Waals surface area contributed by atoms with E-state index in [0.717, 1.165) is 17.7 Å². The summed E-state index contributed by atoms with van der Waals surface area (Å²) >= 11 is 0. The van der Waals surface area contributed by atoms with Crippen LogP contribution in [-0.2, 0) is 20.8 Å². The zero-order valence-corrected chi connectivity index (χ0v) is 11.8. The Bertz CT molecular complexity index is 386. The van der Waals surface area contributed by atoms with Crippen molar-refractivity contribution in [2.24, 2.45) is 0 Å². The number of ether oxygens (including phenoxy) is 4. The maximum Gasteiger partial charge on any atom is 0.163 e. The van der Waals surface area contributed by atoms with Crippen molar-refractivity contribution in [1.29, 1.82) is 0 Å². The van der Waals surface area contributed by atoms with Crippen molar-refractivity contribution in [3.63, 3.8) is 0 Å². The lowest BCUT2D eigenvalue weighted by Crippen LogP contribution is -2.22. The largest absolute Gasteiger partial charge is 0.497 e. The highest BCUT2D eigenvalue weighted by Gasteiger charge is 2.32. The van der Waals surface area contributed by atoms with Crippen LogP contribution in [0.3, 0.4) is 0 Å². The first-order valence-electron chi connectivity index (χ1n) is 6.61. The summed E-state index contributed by atoms with van der Waals surface area (Å²) in [7, 11) is 1.66. The van der Waals surface area contributed by atoms with Crippen molar-refractivity contribution in [2.75, 3.05) is 20.3 Å². The summed E-state index contributed by atoms with van der Waals surface area (Å²) in [5, 5.41) is 0. The van der Waals surface area contributed by atoms with Crippen LogP contribution < -0.4 is 4.74 Å². The minimum absolute atomic E-state index is 0.144. The van der Waals surface area contributed by atoms with Gasteiger partial charge in [0.1, 0.15) is 5.75 Å². The monoisotopic (exact) mass is 266 g/mol. The lowest BCUT2D eigenvalue weighted by atomic mass is 10.2. The van der Waals surface area contributed by atoms with Gasteiger partial charge < -0.3 is 18.9 Å². The molecular weight excluding hydrogens is 244 g/mol. The van der Waals surface area contributed by atoms with Gasteiger partial charge >= 0.3 is 0 Å². The van der Waals surface area contributed by atoms with Gasteiger partial charge in [0.2, 0.25) is 0 Å². The molecule has 1 aliphatic rings. The first kappa shape index (κ1) is 14.3. The topological polar surface area (TPSA) is 36.9 Å². The Morgan fingerprint density at radius 3 is 2.58 bits per heavy atom. The van der Waals surface area contributed by atoms with Crippen LogP contribution in [0.4, 0.5) is 0 Å². The molecule has 0 saturated carbocycles. The Morgan fingerprint density at radius 1 is 1.26 bits per heavy atom. The molecule has 1 saturated heterocycles. The summed E-state index contributed by atoms with van der Waals surface area (Å²) in [6.45, 7) is 5.81. The Morgan fingerprint density at radius 2 is 2.00 bits per heavy atom. The molecule has 2 rings (SSSR count). The Hall–Kier alpha value is -1.10. The molecule has 0 N–H and O–H groups in total. The standard InChI is InChI=1S/C15H22O4/c1-15(2)18-11-14(19-15)8-9-17-10-12-4-6-13(16-3)7-5-12/h4-7,14H,8-11H2,1-3H3/t14-/m0/s1. The second-order valence-electron chi connectivity index (χ2n) is 5.14. The van der Waals surface area contributed by atoms with Crippen LogP contribution in [0, 0.1) is 0 Å². The maximum absolute atomic E-state index is 5.71. The highest BCUT2D eigenvalue weighted by atomic mass is 16.7. The van der Waals surface area contributed by atoms with Gasteiger partial charge in [-0.2, -0.15) is 0 Å². The third-order valence-electron chi connectivity index (χ3n) is 3.08. The van der Waals surface area contributed by atoms with Crippen molar-refractivity contribution in [1.82, 2.24) is 0 Å². The minimum Gasteiger partial charge on any atom is -0.497 e. The summed E-state index contributed by atoms with van der Waals surface area (Å²) in [5.41, 5.74) is 1.14. The summed E-state index contributed by atoms with van der Waals surface area (Å²) in [4.78, 5) is 0. The van der Waals surface area contributed by atoms with Crippen molar-refractivity contribution < 1.29 is 18.9 Å². The van der Waals surface area contributed by atoms with Crippen molar-refractivity contribution >= 4 is 0 Å². The molecule has 4 nitrogen and oxygen atoms in total. The second-order valence-corrected chi connectivity index (χ2v) is 5.14. The summed E-state index contributed by atoms with van der Waals surface area (Å²) in [6, 6.07) is 7.90. The molecule has 0 amide bonds. The van der Waals surface area contributed by atoms with E-state index in [4.69, 9.17) is 18.9 Å². The van der Waals surface area contributed by atoms with Crippen LogP contribution in [0.2, 0.25) is 0 Å². The molecule has 4 heteroatoms. The van der Waals surface area contributed by atoms with E-state index in [-0.39, 0.29) is 6.10 Å². The van der Waals surface area contributed by atoms with Gasteiger partial charge in [0, 0.05) is 6.61 Å². The van der Waals surface area contributed by atoms with Crippen LogP contribution in [0.15, 0.2) is 24.3 Å². The molecule has 1 heterocycles. The minimum atomic E-state index is -0.444. The summed E-state index contributed by atoms with van der Waals surface area (Å²) in [6.07, 6.45) is 1.01. The highest BCUT2D eigenvalue weighted by Crippen LogP contribution is 2.24. The van der Waals surface area contributed by atoms with Gasteiger partial charge in [-0.1, -0.05) is 12.1 Å². The average molecular weight is 266 g/mol. The molecule has 1 aromatic rings. The lowest BCUT2D eigenvalue weighted by Gasteiger charge is -2.17. The van der Waals surface area contributed by atoms with Gasteiger partial charge in [-0.3, -0.25) is 0 Å². The fraction of sp³-hybridized carbons (Fsp3) is 0.600. The predicted octanol–water partition coefficient (Wildman–Crippen LogP) is 2.75. The zero-order chi connectivity index (χ0) is 13.7.